The summed E-state index contributed by atoms with van der Waals surface area (Å²) in [7, 11) is -2.53. The van der Waals surface area contributed by atoms with E-state index >= 15 is 0 Å². The Morgan fingerprint density at radius 3 is 2.62 bits per heavy atom. The van der Waals surface area contributed by atoms with Gasteiger partial charge in [-0.2, -0.15) is 10.6 Å². The molecule has 0 spiro atoms. The molecule has 1 fully saturated rings. The number of carbonyl (C=O) groups is 1. The smallest absolute Gasteiger partial charge is 0.289 e. The van der Waals surface area contributed by atoms with E-state index in [1.54, 1.807) is 0 Å². The molecule has 5 rings (SSSR count). The maximum atomic E-state index is 13.1. The topological polar surface area (TPSA) is 133 Å². The van der Waals surface area contributed by atoms with Gasteiger partial charge in [0.25, 0.3) is 5.91 Å². The van der Waals surface area contributed by atoms with E-state index in [1.165, 1.54) is 0 Å². The van der Waals surface area contributed by atoms with E-state index in [0.29, 0.717) is 41.5 Å². The van der Waals surface area contributed by atoms with Gasteiger partial charge >= 0.3 is 0 Å². The summed E-state index contributed by atoms with van der Waals surface area (Å²) >= 11 is 6.16. The number of fused-ring (bicyclic) bond motifs is 1. The summed E-state index contributed by atoms with van der Waals surface area (Å²) in [5.74, 6) is 1.45. The van der Waals surface area contributed by atoms with Crippen molar-refractivity contribution >= 4 is 44.8 Å². The van der Waals surface area contributed by atoms with Crippen molar-refractivity contribution in [1.82, 2.24) is 20.4 Å². The van der Waals surface area contributed by atoms with Gasteiger partial charge in [0.05, 0.1) is 11.2 Å². The minimum Gasteiger partial charge on any atom is -0.365 e. The second kappa shape index (κ2) is 10.3. The maximum absolute atomic E-state index is 13.1. The van der Waals surface area contributed by atoms with Crippen LogP contribution in [0.1, 0.15) is 40.5 Å². The van der Waals surface area contributed by atoms with Crippen molar-refractivity contribution in [3.8, 4) is 11.1 Å². The molecule has 9 nitrogen and oxygen atoms in total. The van der Waals surface area contributed by atoms with Crippen molar-refractivity contribution in [3.63, 3.8) is 0 Å². The first-order valence-electron chi connectivity index (χ1n) is 12.0. The number of hydrogen-bond acceptors (Lipinski definition) is 8. The zero-order valence-corrected chi connectivity index (χ0v) is 22.1. The van der Waals surface area contributed by atoms with E-state index in [1.807, 2.05) is 56.3 Å². The largest absolute Gasteiger partial charge is 0.365 e. The van der Waals surface area contributed by atoms with Crippen molar-refractivity contribution in [3.05, 3.63) is 70.3 Å². The SMILES string of the molecule is Cc1noc(C)c1-c1ccc2nc(C(=O)NC3CCS(O)(O)CC3)nc(NCc3cccc(Cl)c3)c2c1. The molecule has 1 amide bonds. The number of anilines is 1. The third kappa shape index (κ3) is 5.72. The number of hydrogen-bond donors (Lipinski definition) is 4. The van der Waals surface area contributed by atoms with E-state index in [2.05, 4.69) is 25.8 Å². The Kier molecular flexibility index (Phi) is 7.09. The second-order valence-electron chi connectivity index (χ2n) is 9.27. The lowest BCUT2D eigenvalue weighted by molar-refractivity contribution is 0.0923. The number of carbonyl (C=O) groups excluding carboxylic acids is 1. The lowest BCUT2D eigenvalue weighted by atomic mass is 10.0. The maximum Gasteiger partial charge on any atom is 0.289 e. The number of amides is 1. The lowest BCUT2D eigenvalue weighted by Gasteiger charge is -2.39. The Morgan fingerprint density at radius 2 is 1.92 bits per heavy atom. The number of nitrogens with one attached hydrogen (secondary N) is 2. The van der Waals surface area contributed by atoms with Crippen molar-refractivity contribution in [1.29, 1.82) is 0 Å². The fraction of sp³-hybridized carbons (Fsp3) is 0.308. The zero-order valence-electron chi connectivity index (χ0n) is 20.5. The Morgan fingerprint density at radius 1 is 1.14 bits per heavy atom. The molecule has 0 saturated carbocycles. The van der Waals surface area contributed by atoms with Crippen LogP contribution in [0, 0.1) is 13.8 Å². The fourth-order valence-corrected chi connectivity index (χ4v) is 6.29. The quantitative estimate of drug-likeness (QED) is 0.240. The van der Waals surface area contributed by atoms with Gasteiger partial charge in [-0.25, -0.2) is 9.97 Å². The number of aryl methyl sites for hydroxylation is 2. The molecule has 2 aromatic carbocycles. The molecule has 37 heavy (non-hydrogen) atoms. The molecule has 0 aliphatic carbocycles. The van der Waals surface area contributed by atoms with Gasteiger partial charge < -0.3 is 15.2 Å². The number of nitrogens with zero attached hydrogens (tertiary/aromatic N) is 3. The third-order valence-electron chi connectivity index (χ3n) is 6.49. The first-order valence-corrected chi connectivity index (χ1v) is 14.2. The third-order valence-corrected chi connectivity index (χ3v) is 8.51. The Labute approximate surface area is 221 Å². The molecule has 0 unspecified atom stereocenters. The van der Waals surface area contributed by atoms with Crippen LogP contribution in [-0.2, 0) is 6.54 Å². The Bertz CT molecular complexity index is 1450. The van der Waals surface area contributed by atoms with Gasteiger partial charge in [-0.1, -0.05) is 35.0 Å². The van der Waals surface area contributed by atoms with Crippen molar-refractivity contribution in [2.75, 3.05) is 16.8 Å². The highest BCUT2D eigenvalue weighted by Crippen LogP contribution is 2.43. The average Bonchev–Trinajstić information content (AvgIpc) is 3.21. The van der Waals surface area contributed by atoms with Gasteiger partial charge in [-0.15, -0.1) is 0 Å². The highest BCUT2D eigenvalue weighted by Gasteiger charge is 2.26. The Balaban J connectivity index is 1.49. The van der Waals surface area contributed by atoms with Crippen LogP contribution in [0.4, 0.5) is 5.82 Å². The molecule has 3 heterocycles. The fourth-order valence-electron chi connectivity index (χ4n) is 4.55. The van der Waals surface area contributed by atoms with E-state index in [4.69, 9.17) is 16.1 Å². The summed E-state index contributed by atoms with van der Waals surface area (Å²) in [4.78, 5) is 22.3. The first kappa shape index (κ1) is 25.5. The van der Waals surface area contributed by atoms with Gasteiger partial charge in [-0.3, -0.25) is 13.9 Å². The van der Waals surface area contributed by atoms with Gasteiger partial charge in [0.15, 0.2) is 0 Å². The molecule has 0 atom stereocenters. The standard InChI is InChI=1S/C26H28ClN5O4S/c1-15-23(16(2)36-32-15)18-6-7-22-21(13-18)24(28-14-17-4-3-5-19(27)12-17)31-25(30-22)26(33)29-20-8-10-37(34,35)11-9-20/h3-7,12-13,20,34-35H,8-11,14H2,1-2H3,(H,29,33)(H,28,30,31). The number of rotatable bonds is 6. The molecule has 0 bridgehead atoms. The van der Waals surface area contributed by atoms with Crippen LogP contribution in [-0.4, -0.2) is 47.7 Å². The highest BCUT2D eigenvalue weighted by molar-refractivity contribution is 8.24. The summed E-state index contributed by atoms with van der Waals surface area (Å²) in [6.07, 6.45) is 1.00. The second-order valence-corrected chi connectivity index (χ2v) is 12.1. The lowest BCUT2D eigenvalue weighted by Crippen LogP contribution is -2.40. The molecule has 4 aromatic rings. The number of benzene rings is 2. The van der Waals surface area contributed by atoms with Gasteiger partial charge in [0.1, 0.15) is 11.6 Å². The number of aromatic nitrogens is 3. The molecule has 1 aliphatic rings. The van der Waals surface area contributed by atoms with E-state index in [0.717, 1.165) is 27.8 Å². The van der Waals surface area contributed by atoms with E-state index in [9.17, 15) is 13.9 Å². The van der Waals surface area contributed by atoms with E-state index < -0.39 is 16.5 Å². The number of halogens is 1. The van der Waals surface area contributed by atoms with Crippen LogP contribution in [0.2, 0.25) is 5.02 Å². The predicted molar refractivity (Wildman–Crippen MR) is 146 cm³/mol. The minimum absolute atomic E-state index is 0.0448. The van der Waals surface area contributed by atoms with Crippen molar-refractivity contribution in [2.24, 2.45) is 0 Å². The predicted octanol–water partition coefficient (Wildman–Crippen LogP) is 5.81. The zero-order chi connectivity index (χ0) is 26.2. The van der Waals surface area contributed by atoms with Crippen LogP contribution in [0.3, 0.4) is 0 Å². The van der Waals surface area contributed by atoms with Crippen LogP contribution in [0.25, 0.3) is 22.0 Å². The summed E-state index contributed by atoms with van der Waals surface area (Å²) in [5, 5.41) is 11.8. The first-order chi connectivity index (χ1) is 17.7. The van der Waals surface area contributed by atoms with Crippen LogP contribution in [0.15, 0.2) is 47.0 Å². The monoisotopic (exact) mass is 541 g/mol. The normalized spacial score (nSPS) is 16.5. The molecule has 11 heteroatoms. The molecule has 1 saturated heterocycles. The Hall–Kier alpha value is -3.18. The van der Waals surface area contributed by atoms with E-state index in [-0.39, 0.29) is 23.4 Å². The molecule has 194 valence electrons. The summed E-state index contributed by atoms with van der Waals surface area (Å²) in [6.45, 7) is 4.21. The van der Waals surface area contributed by atoms with Crippen LogP contribution >= 0.6 is 22.2 Å². The van der Waals surface area contributed by atoms with Gasteiger partial charge in [-0.05, 0) is 62.1 Å². The van der Waals surface area contributed by atoms with Crippen LogP contribution < -0.4 is 10.6 Å². The van der Waals surface area contributed by atoms with Gasteiger partial charge in [0.2, 0.25) is 5.82 Å². The van der Waals surface area contributed by atoms with Crippen LogP contribution in [0.5, 0.6) is 0 Å². The molecule has 2 aromatic heterocycles. The summed E-state index contributed by atoms with van der Waals surface area (Å²) in [5.41, 5.74) is 4.19. The molecule has 0 radical (unpaired) electrons. The van der Waals surface area contributed by atoms with Gasteiger partial charge in [0, 0.05) is 40.1 Å². The highest BCUT2D eigenvalue weighted by atomic mass is 35.5. The van der Waals surface area contributed by atoms with Crippen molar-refractivity contribution < 1.29 is 18.4 Å². The average molecular weight is 542 g/mol. The summed E-state index contributed by atoms with van der Waals surface area (Å²) in [6, 6.07) is 13.1. The van der Waals surface area contributed by atoms with Crippen molar-refractivity contribution in [2.45, 2.75) is 39.3 Å². The molecule has 4 N–H and O–H groups in total. The molecular weight excluding hydrogens is 514 g/mol. The molecular formula is C26H28ClN5O4S. The molecule has 1 aliphatic heterocycles. The minimum atomic E-state index is -2.53. The summed E-state index contributed by atoms with van der Waals surface area (Å²) < 4.78 is 25.1.